The first-order chi connectivity index (χ1) is 15.6. The van der Waals surface area contributed by atoms with Gasteiger partial charge in [-0.25, -0.2) is 4.39 Å². The molecule has 2 aromatic rings. The number of halogens is 2. The van der Waals surface area contributed by atoms with Gasteiger partial charge in [0, 0.05) is 19.3 Å². The lowest BCUT2D eigenvalue weighted by Gasteiger charge is -2.36. The van der Waals surface area contributed by atoms with E-state index in [4.69, 9.17) is 16.3 Å². The van der Waals surface area contributed by atoms with Gasteiger partial charge in [0.1, 0.15) is 17.6 Å². The van der Waals surface area contributed by atoms with Crippen LogP contribution in [-0.2, 0) is 15.0 Å². The lowest BCUT2D eigenvalue weighted by atomic mass is 9.99. The van der Waals surface area contributed by atoms with Crippen LogP contribution in [0, 0.1) is 5.82 Å². The van der Waals surface area contributed by atoms with Crippen LogP contribution in [0.2, 0.25) is 5.02 Å². The number of nitrogens with one attached hydrogen (secondary N) is 2. The van der Waals surface area contributed by atoms with Gasteiger partial charge >= 0.3 is 0 Å². The summed E-state index contributed by atoms with van der Waals surface area (Å²) in [5.41, 5.74) is 0.972. The molecule has 2 aromatic carbocycles. The number of likely N-dealkylation sites (N-methyl/N-ethyl adjacent to an activating group) is 1. The molecule has 0 saturated carbocycles. The summed E-state index contributed by atoms with van der Waals surface area (Å²) in [6.07, 6.45) is 1.05. The van der Waals surface area contributed by atoms with Gasteiger partial charge in [-0.3, -0.25) is 4.79 Å². The lowest BCUT2D eigenvalue weighted by molar-refractivity contribution is -0.120. The molecule has 1 aliphatic rings. The van der Waals surface area contributed by atoms with Gasteiger partial charge in [0.15, 0.2) is 0 Å². The van der Waals surface area contributed by atoms with E-state index in [1.165, 1.54) is 19.2 Å². The molecule has 1 amide bonds. The third kappa shape index (κ3) is 7.13. The first-order valence-electron chi connectivity index (χ1n) is 10.5. The Balaban J connectivity index is 0.00000408. The van der Waals surface area contributed by atoms with E-state index < -0.39 is 34.0 Å². The maximum absolute atomic E-state index is 13.4. The summed E-state index contributed by atoms with van der Waals surface area (Å²) in [7, 11) is 1.41. The van der Waals surface area contributed by atoms with Crippen LogP contribution >= 0.6 is 11.6 Å². The summed E-state index contributed by atoms with van der Waals surface area (Å²) in [6, 6.07) is 9.35. The fourth-order valence-electron chi connectivity index (χ4n) is 3.52. The van der Waals surface area contributed by atoms with E-state index in [0.717, 1.165) is 23.3 Å². The highest BCUT2D eigenvalue weighted by atomic mass is 35.5. The Morgan fingerprint density at radius 1 is 1.29 bits per heavy atom. The van der Waals surface area contributed by atoms with Crippen LogP contribution in [0.3, 0.4) is 0 Å². The van der Waals surface area contributed by atoms with Crippen LogP contribution in [0.5, 0.6) is 5.75 Å². The van der Waals surface area contributed by atoms with Crippen molar-refractivity contribution >= 4 is 33.4 Å². The molecule has 1 aliphatic heterocycles. The summed E-state index contributed by atoms with van der Waals surface area (Å²) in [6.45, 7) is 1.43. The monoisotopic (exact) mass is 514 g/mol. The Kier molecular flexibility index (Phi) is 9.84. The van der Waals surface area contributed by atoms with Crippen LogP contribution in [0.25, 0.3) is 0 Å². The maximum atomic E-state index is 13.4. The van der Waals surface area contributed by atoms with E-state index in [1.54, 1.807) is 18.2 Å². The molecule has 1 heterocycles. The van der Waals surface area contributed by atoms with Gasteiger partial charge in [-0.05, 0) is 62.8 Å². The van der Waals surface area contributed by atoms with E-state index in [-0.39, 0.29) is 24.6 Å². The molecule has 0 spiro atoms. The molecule has 0 aromatic heterocycles. The average Bonchev–Trinajstić information content (AvgIpc) is 2.75. The van der Waals surface area contributed by atoms with Crippen molar-refractivity contribution in [3.63, 3.8) is 0 Å². The predicted octanol–water partition coefficient (Wildman–Crippen LogP) is 3.66. The van der Waals surface area contributed by atoms with Crippen molar-refractivity contribution in [3.05, 3.63) is 58.9 Å². The fourth-order valence-corrected chi connectivity index (χ4v) is 4.97. The molecule has 0 radical (unpaired) electrons. The van der Waals surface area contributed by atoms with Crippen molar-refractivity contribution < 1.29 is 22.3 Å². The van der Waals surface area contributed by atoms with Gasteiger partial charge in [0.05, 0.1) is 17.7 Å². The smallest absolute Gasteiger partial charge is 0.280 e. The molecular formula is C23H32ClFN4O4S. The SMILES string of the molecule is C.CN(C)CCCOc1cccc(C2CC(C(=O)Nc3ccc(F)c(Cl)c3)N(C)S(=O)(=O)N2)c1. The number of benzene rings is 2. The van der Waals surface area contributed by atoms with Gasteiger partial charge in [0.25, 0.3) is 10.2 Å². The quantitative estimate of drug-likeness (QED) is 0.525. The van der Waals surface area contributed by atoms with E-state index in [2.05, 4.69) is 14.9 Å². The minimum Gasteiger partial charge on any atom is -0.494 e. The zero-order chi connectivity index (χ0) is 24.2. The molecule has 2 atom stereocenters. The molecule has 34 heavy (non-hydrogen) atoms. The molecule has 1 saturated heterocycles. The third-order valence-corrected chi connectivity index (χ3v) is 7.22. The molecule has 2 N–H and O–H groups in total. The van der Waals surface area contributed by atoms with Crippen molar-refractivity contribution in [2.24, 2.45) is 0 Å². The van der Waals surface area contributed by atoms with Crippen molar-refractivity contribution in [3.8, 4) is 5.75 Å². The van der Waals surface area contributed by atoms with E-state index >= 15 is 0 Å². The molecule has 1 fully saturated rings. The van der Waals surface area contributed by atoms with E-state index in [9.17, 15) is 17.6 Å². The molecule has 188 valence electrons. The van der Waals surface area contributed by atoms with Gasteiger partial charge < -0.3 is 15.0 Å². The number of nitrogens with zero attached hydrogens (tertiary/aromatic N) is 2. The highest BCUT2D eigenvalue weighted by Gasteiger charge is 2.40. The lowest BCUT2D eigenvalue weighted by Crippen LogP contribution is -2.55. The zero-order valence-electron chi connectivity index (χ0n) is 18.7. The number of carbonyl (C=O) groups is 1. The first kappa shape index (κ1) is 28.0. The molecule has 8 nitrogen and oxygen atoms in total. The van der Waals surface area contributed by atoms with Crippen molar-refractivity contribution in [1.82, 2.24) is 13.9 Å². The molecule has 2 unspecified atom stereocenters. The predicted molar refractivity (Wildman–Crippen MR) is 133 cm³/mol. The Morgan fingerprint density at radius 2 is 2.03 bits per heavy atom. The van der Waals surface area contributed by atoms with Crippen LogP contribution in [0.15, 0.2) is 42.5 Å². The largest absolute Gasteiger partial charge is 0.494 e. The van der Waals surface area contributed by atoms with Gasteiger partial charge in [0.2, 0.25) is 5.91 Å². The fraction of sp³-hybridized carbons (Fsp3) is 0.435. The minimum atomic E-state index is -3.91. The molecule has 0 bridgehead atoms. The Hall–Kier alpha value is -2.24. The second-order valence-electron chi connectivity index (χ2n) is 8.14. The van der Waals surface area contributed by atoms with Crippen molar-refractivity contribution in [2.45, 2.75) is 32.4 Å². The topological polar surface area (TPSA) is 91.0 Å². The second-order valence-corrected chi connectivity index (χ2v) is 10.3. The van der Waals surface area contributed by atoms with Crippen LogP contribution in [0.1, 0.15) is 31.9 Å². The van der Waals surface area contributed by atoms with Gasteiger partial charge in [-0.15, -0.1) is 0 Å². The normalized spacial score (nSPS) is 19.9. The summed E-state index contributed by atoms with van der Waals surface area (Å²) in [5, 5.41) is 2.48. The summed E-state index contributed by atoms with van der Waals surface area (Å²) in [5.74, 6) is -0.516. The number of anilines is 1. The zero-order valence-corrected chi connectivity index (χ0v) is 20.3. The average molecular weight is 515 g/mol. The van der Waals surface area contributed by atoms with Crippen LogP contribution in [0.4, 0.5) is 10.1 Å². The number of hydrogen-bond donors (Lipinski definition) is 2. The number of rotatable bonds is 8. The van der Waals surface area contributed by atoms with E-state index in [1.807, 2.05) is 20.2 Å². The Labute approximate surface area is 206 Å². The molecule has 11 heteroatoms. The number of ether oxygens (including phenoxy) is 1. The van der Waals surface area contributed by atoms with Crippen LogP contribution < -0.4 is 14.8 Å². The molecule has 0 aliphatic carbocycles. The number of amides is 1. The minimum absolute atomic E-state index is 0. The van der Waals surface area contributed by atoms with Crippen molar-refractivity contribution in [1.29, 1.82) is 0 Å². The van der Waals surface area contributed by atoms with Gasteiger partial charge in [-0.1, -0.05) is 31.2 Å². The third-order valence-electron chi connectivity index (χ3n) is 5.34. The van der Waals surface area contributed by atoms with Crippen molar-refractivity contribution in [2.75, 3.05) is 39.6 Å². The highest BCUT2D eigenvalue weighted by Crippen LogP contribution is 2.30. The molecular weight excluding hydrogens is 483 g/mol. The van der Waals surface area contributed by atoms with Crippen LogP contribution in [-0.4, -0.2) is 63.9 Å². The maximum Gasteiger partial charge on any atom is 0.280 e. The number of carbonyl (C=O) groups excluding carboxylic acids is 1. The standard InChI is InChI=1S/C22H28ClFN4O4S.CH4/c1-27(2)10-5-11-32-17-7-4-6-15(12-17)20-14-21(28(3)33(30,31)26-20)22(29)25-16-8-9-19(24)18(23)13-16;/h4,6-9,12-13,20-21,26H,5,10-11,14H2,1-3H3,(H,25,29);1H4. The summed E-state index contributed by atoms with van der Waals surface area (Å²) >= 11 is 5.78. The second kappa shape index (κ2) is 11.9. The summed E-state index contributed by atoms with van der Waals surface area (Å²) in [4.78, 5) is 15.0. The molecule has 3 rings (SSSR count). The summed E-state index contributed by atoms with van der Waals surface area (Å²) < 4.78 is 48.3. The Bertz CT molecular complexity index is 1100. The van der Waals surface area contributed by atoms with E-state index in [0.29, 0.717) is 17.9 Å². The Morgan fingerprint density at radius 3 is 2.71 bits per heavy atom. The van der Waals surface area contributed by atoms with Gasteiger partial charge in [-0.2, -0.15) is 17.4 Å². The highest BCUT2D eigenvalue weighted by molar-refractivity contribution is 7.87. The number of hydrogen-bond acceptors (Lipinski definition) is 5. The first-order valence-corrected chi connectivity index (χ1v) is 12.3.